The molecule has 0 aromatic rings. The molecule has 1 rings (SSSR count). The van der Waals surface area contributed by atoms with Crippen LogP contribution in [-0.4, -0.2) is 12.6 Å². The van der Waals surface area contributed by atoms with Crippen molar-refractivity contribution in [3.8, 4) is 11.8 Å². The van der Waals surface area contributed by atoms with E-state index >= 15 is 0 Å². The van der Waals surface area contributed by atoms with Crippen LogP contribution >= 0.6 is 0 Å². The van der Waals surface area contributed by atoms with E-state index in [-0.39, 0.29) is 11.9 Å². The lowest BCUT2D eigenvalue weighted by Gasteiger charge is -2.00. The molecule has 126 valence electrons. The largest absolute Gasteiger partial charge is 0.465 e. The van der Waals surface area contributed by atoms with Gasteiger partial charge in [-0.2, -0.15) is 0 Å². The van der Waals surface area contributed by atoms with Crippen LogP contribution < -0.4 is 0 Å². The van der Waals surface area contributed by atoms with Crippen molar-refractivity contribution in [3.63, 3.8) is 0 Å². The highest BCUT2D eigenvalue weighted by Crippen LogP contribution is 2.30. The topological polar surface area (TPSA) is 26.3 Å². The van der Waals surface area contributed by atoms with E-state index in [1.54, 1.807) is 0 Å². The maximum Gasteiger partial charge on any atom is 0.308 e. The highest BCUT2D eigenvalue weighted by molar-refractivity contribution is 5.74. The molecule has 1 aliphatic carbocycles. The Morgan fingerprint density at radius 3 is 2.00 bits per heavy atom. The fraction of sp³-hybridized carbons (Fsp3) is 0.850. The van der Waals surface area contributed by atoms with Gasteiger partial charge in [0.05, 0.1) is 12.5 Å². The van der Waals surface area contributed by atoms with E-state index in [2.05, 4.69) is 18.8 Å². The molecule has 0 amide bonds. The van der Waals surface area contributed by atoms with E-state index in [9.17, 15) is 4.79 Å². The summed E-state index contributed by atoms with van der Waals surface area (Å²) in [6, 6.07) is 0. The average molecular weight is 306 g/mol. The van der Waals surface area contributed by atoms with Crippen molar-refractivity contribution >= 4 is 5.97 Å². The molecule has 0 aromatic heterocycles. The average Bonchev–Trinajstić information content (AvgIpc) is 3.36. The molecule has 0 saturated heterocycles. The van der Waals surface area contributed by atoms with Crippen molar-refractivity contribution < 1.29 is 9.53 Å². The van der Waals surface area contributed by atoms with Gasteiger partial charge < -0.3 is 4.74 Å². The zero-order chi connectivity index (χ0) is 15.9. The zero-order valence-electron chi connectivity index (χ0n) is 14.5. The van der Waals surface area contributed by atoms with Crippen molar-refractivity contribution in [2.24, 2.45) is 5.92 Å². The minimum absolute atomic E-state index is 0.00246. The minimum atomic E-state index is 0.00246. The molecule has 0 spiro atoms. The fourth-order valence-corrected chi connectivity index (χ4v) is 2.47. The van der Waals surface area contributed by atoms with Crippen LogP contribution in [0.1, 0.15) is 96.8 Å². The Labute approximate surface area is 137 Å². The smallest absolute Gasteiger partial charge is 0.308 e. The number of rotatable bonds is 13. The summed E-state index contributed by atoms with van der Waals surface area (Å²) in [6.45, 7) is 2.81. The number of ether oxygens (including phenoxy) is 1. The molecule has 0 radical (unpaired) electrons. The number of carbonyl (C=O) groups is 1. The first-order valence-electron chi connectivity index (χ1n) is 9.47. The first-order chi connectivity index (χ1) is 10.8. The highest BCUT2D eigenvalue weighted by atomic mass is 16.5. The van der Waals surface area contributed by atoms with Crippen LogP contribution in [0.4, 0.5) is 0 Å². The number of carbonyl (C=O) groups excluding carboxylic acids is 1. The van der Waals surface area contributed by atoms with Crippen molar-refractivity contribution in [2.45, 2.75) is 96.8 Å². The molecule has 0 aromatic carbocycles. The summed E-state index contributed by atoms with van der Waals surface area (Å²) in [5, 5.41) is 0. The third-order valence-corrected chi connectivity index (χ3v) is 4.13. The number of hydrogen-bond donors (Lipinski definition) is 0. The Morgan fingerprint density at radius 2 is 1.41 bits per heavy atom. The van der Waals surface area contributed by atoms with Gasteiger partial charge in [-0.25, -0.2) is 0 Å². The summed E-state index contributed by atoms with van der Waals surface area (Å²) >= 11 is 0. The summed E-state index contributed by atoms with van der Waals surface area (Å²) in [6.07, 6.45) is 17.1. The first kappa shape index (κ1) is 19.1. The van der Waals surface area contributed by atoms with Gasteiger partial charge in [-0.3, -0.25) is 4.79 Å². The van der Waals surface area contributed by atoms with Crippen molar-refractivity contribution in [3.05, 3.63) is 0 Å². The normalized spacial score (nSPS) is 13.5. The Hall–Kier alpha value is -0.970. The zero-order valence-corrected chi connectivity index (χ0v) is 14.5. The Bertz CT molecular complexity index is 333. The van der Waals surface area contributed by atoms with E-state index in [0.29, 0.717) is 6.61 Å². The summed E-state index contributed by atoms with van der Waals surface area (Å²) in [5.41, 5.74) is 0. The van der Waals surface area contributed by atoms with Gasteiger partial charge in [0.1, 0.15) is 0 Å². The Kier molecular flexibility index (Phi) is 11.9. The standard InChI is InChI=1S/C20H34O2/c1-2-3-4-5-6-7-8-9-10-11-12-13-14-15-18-22-20(21)19-16-17-19/h19H,2-11,14-18H2,1H3. The predicted octanol–water partition coefficient (Wildman–Crippen LogP) is 5.64. The van der Waals surface area contributed by atoms with Crippen LogP contribution in [0.2, 0.25) is 0 Å². The van der Waals surface area contributed by atoms with E-state index in [0.717, 1.165) is 32.1 Å². The molecule has 0 N–H and O–H groups in total. The van der Waals surface area contributed by atoms with Crippen LogP contribution in [0.5, 0.6) is 0 Å². The molecule has 22 heavy (non-hydrogen) atoms. The molecule has 2 heteroatoms. The van der Waals surface area contributed by atoms with E-state index in [4.69, 9.17) is 4.74 Å². The molecule has 1 aliphatic rings. The molecule has 0 aliphatic heterocycles. The van der Waals surface area contributed by atoms with Crippen molar-refractivity contribution in [2.75, 3.05) is 6.61 Å². The molecule has 0 atom stereocenters. The quantitative estimate of drug-likeness (QED) is 0.250. The maximum absolute atomic E-state index is 11.3. The molecule has 2 nitrogen and oxygen atoms in total. The third kappa shape index (κ3) is 11.7. The lowest BCUT2D eigenvalue weighted by molar-refractivity contribution is -0.145. The van der Waals surface area contributed by atoms with Crippen LogP contribution in [0.3, 0.4) is 0 Å². The van der Waals surface area contributed by atoms with Gasteiger partial charge in [-0.15, -0.1) is 11.8 Å². The van der Waals surface area contributed by atoms with Gasteiger partial charge in [0, 0.05) is 12.8 Å². The molecule has 1 fully saturated rings. The van der Waals surface area contributed by atoms with Crippen LogP contribution in [0, 0.1) is 17.8 Å². The van der Waals surface area contributed by atoms with Gasteiger partial charge in [0.15, 0.2) is 0 Å². The second-order valence-corrected chi connectivity index (χ2v) is 6.48. The summed E-state index contributed by atoms with van der Waals surface area (Å²) in [5.74, 6) is 6.65. The van der Waals surface area contributed by atoms with Crippen LogP contribution in [-0.2, 0) is 9.53 Å². The van der Waals surface area contributed by atoms with Crippen LogP contribution in [0.15, 0.2) is 0 Å². The number of unbranched alkanes of at least 4 members (excludes halogenated alkanes) is 10. The molecular formula is C20H34O2. The van der Waals surface area contributed by atoms with E-state index in [1.165, 1.54) is 57.8 Å². The van der Waals surface area contributed by atoms with Gasteiger partial charge in [0.25, 0.3) is 0 Å². The molecule has 0 unspecified atom stereocenters. The number of esters is 1. The monoisotopic (exact) mass is 306 g/mol. The lowest BCUT2D eigenvalue weighted by atomic mass is 10.1. The summed E-state index contributed by atoms with van der Waals surface area (Å²) < 4.78 is 5.17. The molecule has 0 bridgehead atoms. The van der Waals surface area contributed by atoms with Crippen molar-refractivity contribution in [1.29, 1.82) is 0 Å². The summed E-state index contributed by atoms with van der Waals surface area (Å²) in [4.78, 5) is 11.3. The first-order valence-corrected chi connectivity index (χ1v) is 9.47. The molecule has 1 saturated carbocycles. The van der Waals surface area contributed by atoms with Gasteiger partial charge in [-0.05, 0) is 25.7 Å². The van der Waals surface area contributed by atoms with Gasteiger partial charge in [0.2, 0.25) is 0 Å². The highest BCUT2D eigenvalue weighted by Gasteiger charge is 2.30. The maximum atomic E-state index is 11.3. The van der Waals surface area contributed by atoms with Crippen LogP contribution in [0.25, 0.3) is 0 Å². The molecular weight excluding hydrogens is 272 g/mol. The predicted molar refractivity (Wildman–Crippen MR) is 92.5 cm³/mol. The SMILES string of the molecule is CCCCCCCCCCCC#CCCCOC(=O)C1CC1. The second-order valence-electron chi connectivity index (χ2n) is 6.48. The van der Waals surface area contributed by atoms with E-state index < -0.39 is 0 Å². The van der Waals surface area contributed by atoms with Crippen molar-refractivity contribution in [1.82, 2.24) is 0 Å². The second kappa shape index (κ2) is 13.7. The Balaban J connectivity index is 1.74. The van der Waals surface area contributed by atoms with E-state index in [1.807, 2.05) is 0 Å². The van der Waals surface area contributed by atoms with Gasteiger partial charge in [-0.1, -0.05) is 58.3 Å². The minimum Gasteiger partial charge on any atom is -0.465 e. The number of hydrogen-bond acceptors (Lipinski definition) is 2. The Morgan fingerprint density at radius 1 is 0.864 bits per heavy atom. The third-order valence-electron chi connectivity index (χ3n) is 4.13. The summed E-state index contributed by atoms with van der Waals surface area (Å²) in [7, 11) is 0. The molecule has 0 heterocycles. The fourth-order valence-electron chi connectivity index (χ4n) is 2.47. The lowest BCUT2D eigenvalue weighted by Crippen LogP contribution is -2.07. The van der Waals surface area contributed by atoms with Gasteiger partial charge >= 0.3 is 5.97 Å².